The highest BCUT2D eigenvalue weighted by Gasteiger charge is 2.54. The van der Waals surface area contributed by atoms with E-state index in [0.717, 1.165) is 32.7 Å². The Morgan fingerprint density at radius 2 is 2.10 bits per heavy atom. The number of fused-ring (bicyclic) bond motifs is 1. The molecule has 2 aliphatic heterocycles. The molecule has 4 nitrogen and oxygen atoms in total. The standard InChI is InChI=1S/C16H27FN2O2/c1-3-18(4-2)10-14-13-5-8-19(9-12(13)11-21-14)15(20)16(17)6-7-16/h12-14H,3-11H2,1-2H3/t12-,13-,14+/m1/s1. The molecule has 0 aromatic heterocycles. The van der Waals surface area contributed by atoms with E-state index in [9.17, 15) is 9.18 Å². The zero-order valence-corrected chi connectivity index (χ0v) is 13.2. The van der Waals surface area contributed by atoms with Crippen molar-refractivity contribution in [1.82, 2.24) is 9.80 Å². The molecule has 2 heterocycles. The van der Waals surface area contributed by atoms with Crippen molar-refractivity contribution in [1.29, 1.82) is 0 Å². The lowest BCUT2D eigenvalue weighted by Crippen LogP contribution is -2.49. The summed E-state index contributed by atoms with van der Waals surface area (Å²) in [5, 5.41) is 0. The fraction of sp³-hybridized carbons (Fsp3) is 0.938. The van der Waals surface area contributed by atoms with E-state index < -0.39 is 5.67 Å². The lowest BCUT2D eigenvalue weighted by Gasteiger charge is -2.37. The summed E-state index contributed by atoms with van der Waals surface area (Å²) in [4.78, 5) is 16.3. The minimum absolute atomic E-state index is 0.270. The number of amides is 1. The van der Waals surface area contributed by atoms with Crippen molar-refractivity contribution in [2.75, 3.05) is 39.3 Å². The maximum absolute atomic E-state index is 13.9. The number of hydrogen-bond donors (Lipinski definition) is 0. The average Bonchev–Trinajstić information content (AvgIpc) is 3.13. The molecule has 21 heavy (non-hydrogen) atoms. The number of likely N-dealkylation sites (N-methyl/N-ethyl adjacent to an activating group) is 1. The van der Waals surface area contributed by atoms with E-state index in [1.165, 1.54) is 0 Å². The summed E-state index contributed by atoms with van der Waals surface area (Å²) in [6, 6.07) is 0. The van der Waals surface area contributed by atoms with Crippen LogP contribution in [-0.4, -0.2) is 66.8 Å². The number of likely N-dealkylation sites (tertiary alicyclic amines) is 1. The molecule has 0 radical (unpaired) electrons. The summed E-state index contributed by atoms with van der Waals surface area (Å²) in [7, 11) is 0. The van der Waals surface area contributed by atoms with Gasteiger partial charge in [0.1, 0.15) is 0 Å². The molecule has 0 aromatic carbocycles. The van der Waals surface area contributed by atoms with Crippen molar-refractivity contribution in [2.24, 2.45) is 11.8 Å². The molecule has 5 heteroatoms. The molecule has 3 aliphatic rings. The Labute approximate surface area is 126 Å². The van der Waals surface area contributed by atoms with E-state index in [4.69, 9.17) is 4.74 Å². The van der Waals surface area contributed by atoms with Gasteiger partial charge in [0.05, 0.1) is 12.7 Å². The monoisotopic (exact) mass is 298 g/mol. The minimum Gasteiger partial charge on any atom is -0.376 e. The summed E-state index contributed by atoms with van der Waals surface area (Å²) < 4.78 is 19.9. The van der Waals surface area contributed by atoms with Crippen LogP contribution in [-0.2, 0) is 9.53 Å². The van der Waals surface area contributed by atoms with Crippen LogP contribution in [0.1, 0.15) is 33.1 Å². The first-order valence-electron chi connectivity index (χ1n) is 8.39. The van der Waals surface area contributed by atoms with Crippen LogP contribution in [0.5, 0.6) is 0 Å². The van der Waals surface area contributed by atoms with Crippen LogP contribution in [0.4, 0.5) is 4.39 Å². The Morgan fingerprint density at radius 3 is 2.71 bits per heavy atom. The smallest absolute Gasteiger partial charge is 0.260 e. The average molecular weight is 298 g/mol. The van der Waals surface area contributed by atoms with Crippen molar-refractivity contribution in [3.05, 3.63) is 0 Å². The quantitative estimate of drug-likeness (QED) is 0.774. The number of carbonyl (C=O) groups excluding carboxylic acids is 1. The van der Waals surface area contributed by atoms with Gasteiger partial charge >= 0.3 is 0 Å². The third-order valence-electron chi connectivity index (χ3n) is 5.49. The van der Waals surface area contributed by atoms with Gasteiger partial charge in [-0.25, -0.2) is 4.39 Å². The predicted molar refractivity (Wildman–Crippen MR) is 78.8 cm³/mol. The zero-order valence-electron chi connectivity index (χ0n) is 13.2. The first-order chi connectivity index (χ1) is 10.1. The van der Waals surface area contributed by atoms with Gasteiger partial charge in [0, 0.05) is 25.6 Å². The summed E-state index contributed by atoms with van der Waals surface area (Å²) in [5.74, 6) is 0.656. The van der Waals surface area contributed by atoms with E-state index >= 15 is 0 Å². The lowest BCUT2D eigenvalue weighted by atomic mass is 9.84. The zero-order chi connectivity index (χ0) is 15.0. The second-order valence-electron chi connectivity index (χ2n) is 6.79. The van der Waals surface area contributed by atoms with Gasteiger partial charge in [-0.3, -0.25) is 4.79 Å². The van der Waals surface area contributed by atoms with Crippen LogP contribution >= 0.6 is 0 Å². The van der Waals surface area contributed by atoms with Gasteiger partial charge in [0.25, 0.3) is 5.91 Å². The van der Waals surface area contributed by atoms with Crippen molar-refractivity contribution >= 4 is 5.91 Å². The number of nitrogens with zero attached hydrogens (tertiary/aromatic N) is 2. The number of piperidine rings is 1. The molecule has 120 valence electrons. The Morgan fingerprint density at radius 1 is 1.38 bits per heavy atom. The van der Waals surface area contributed by atoms with E-state index in [-0.39, 0.29) is 12.0 Å². The molecular weight excluding hydrogens is 271 g/mol. The normalized spacial score (nSPS) is 34.1. The van der Waals surface area contributed by atoms with Gasteiger partial charge in [0.2, 0.25) is 0 Å². The molecule has 3 fully saturated rings. The van der Waals surface area contributed by atoms with Gasteiger partial charge in [-0.05, 0) is 38.3 Å². The summed E-state index contributed by atoms with van der Waals surface area (Å²) in [6.07, 6.45) is 2.07. The SMILES string of the molecule is CCN(CC)C[C@@H]1OC[C@H]2CN(C(=O)C3(F)CC3)CC[C@H]21. The first-order valence-corrected chi connectivity index (χ1v) is 8.39. The fourth-order valence-electron chi connectivity index (χ4n) is 3.80. The lowest BCUT2D eigenvalue weighted by molar-refractivity contribution is -0.140. The molecule has 0 aromatic rings. The fourth-order valence-corrected chi connectivity index (χ4v) is 3.80. The van der Waals surface area contributed by atoms with E-state index in [0.29, 0.717) is 37.8 Å². The van der Waals surface area contributed by atoms with Gasteiger partial charge in [-0.2, -0.15) is 0 Å². The highest BCUT2D eigenvalue weighted by Crippen LogP contribution is 2.43. The van der Waals surface area contributed by atoms with Crippen LogP contribution in [0.25, 0.3) is 0 Å². The molecule has 0 unspecified atom stereocenters. The van der Waals surface area contributed by atoms with Crippen LogP contribution in [0.3, 0.4) is 0 Å². The van der Waals surface area contributed by atoms with Crippen molar-refractivity contribution in [3.8, 4) is 0 Å². The second kappa shape index (κ2) is 5.84. The molecular formula is C16H27FN2O2. The predicted octanol–water partition coefficient (Wildman–Crippen LogP) is 1.69. The number of ether oxygens (including phenoxy) is 1. The van der Waals surface area contributed by atoms with Crippen LogP contribution in [0, 0.1) is 11.8 Å². The Balaban J connectivity index is 1.56. The van der Waals surface area contributed by atoms with Crippen molar-refractivity contribution < 1.29 is 13.9 Å². The molecule has 1 aliphatic carbocycles. The van der Waals surface area contributed by atoms with Crippen molar-refractivity contribution in [3.63, 3.8) is 0 Å². The molecule has 0 N–H and O–H groups in total. The van der Waals surface area contributed by atoms with Crippen molar-refractivity contribution in [2.45, 2.75) is 44.9 Å². The van der Waals surface area contributed by atoms with Gasteiger partial charge in [0.15, 0.2) is 5.67 Å². The van der Waals surface area contributed by atoms with Crippen LogP contribution < -0.4 is 0 Å². The van der Waals surface area contributed by atoms with Gasteiger partial charge < -0.3 is 14.5 Å². The molecule has 1 amide bonds. The summed E-state index contributed by atoms with van der Waals surface area (Å²) in [5.41, 5.74) is -1.52. The van der Waals surface area contributed by atoms with E-state index in [1.807, 2.05) is 0 Å². The summed E-state index contributed by atoms with van der Waals surface area (Å²) >= 11 is 0. The first kappa shape index (κ1) is 15.2. The third kappa shape index (κ3) is 2.95. The molecule has 3 atom stereocenters. The number of carbonyl (C=O) groups is 1. The molecule has 3 rings (SSSR count). The topological polar surface area (TPSA) is 32.8 Å². The number of halogens is 1. The van der Waals surface area contributed by atoms with E-state index in [1.54, 1.807) is 4.90 Å². The largest absolute Gasteiger partial charge is 0.376 e. The number of rotatable bonds is 5. The van der Waals surface area contributed by atoms with Gasteiger partial charge in [-0.1, -0.05) is 13.8 Å². The summed E-state index contributed by atoms with van der Waals surface area (Å²) in [6.45, 7) is 9.52. The Hall–Kier alpha value is -0.680. The molecule has 2 saturated heterocycles. The van der Waals surface area contributed by atoms with Crippen LogP contribution in [0.15, 0.2) is 0 Å². The highest BCUT2D eigenvalue weighted by molar-refractivity contribution is 5.88. The maximum Gasteiger partial charge on any atom is 0.260 e. The number of alkyl halides is 1. The third-order valence-corrected chi connectivity index (χ3v) is 5.49. The van der Waals surface area contributed by atoms with Gasteiger partial charge in [-0.15, -0.1) is 0 Å². The Kier molecular flexibility index (Phi) is 4.23. The maximum atomic E-state index is 13.9. The minimum atomic E-state index is -1.52. The van der Waals surface area contributed by atoms with Crippen LogP contribution in [0.2, 0.25) is 0 Å². The van der Waals surface area contributed by atoms with E-state index in [2.05, 4.69) is 18.7 Å². The number of hydrogen-bond acceptors (Lipinski definition) is 3. The molecule has 0 spiro atoms. The second-order valence-corrected chi connectivity index (χ2v) is 6.79. The molecule has 0 bridgehead atoms. The highest BCUT2D eigenvalue weighted by atomic mass is 19.1. The molecule has 1 saturated carbocycles. The Bertz CT molecular complexity index is 396.